The minimum Gasteiger partial charge on any atom is -0.370 e. The van der Waals surface area contributed by atoms with Gasteiger partial charge >= 0.3 is 8.80 Å². The Labute approximate surface area is 146 Å². The highest BCUT2D eigenvalue weighted by Gasteiger charge is 2.43. The maximum absolute atomic E-state index is 6.51. The Morgan fingerprint density at radius 2 is 0.783 bits per heavy atom. The summed E-state index contributed by atoms with van der Waals surface area (Å²) >= 11 is 0. The lowest BCUT2D eigenvalue weighted by Gasteiger charge is -2.38. The molecule has 0 heterocycles. The van der Waals surface area contributed by atoms with E-state index in [1.54, 1.807) is 0 Å². The van der Waals surface area contributed by atoms with Gasteiger partial charge in [0.1, 0.15) is 0 Å². The summed E-state index contributed by atoms with van der Waals surface area (Å²) in [5.74, 6) is 1.41. The van der Waals surface area contributed by atoms with Crippen LogP contribution in [0.4, 0.5) is 0 Å². The van der Waals surface area contributed by atoms with Gasteiger partial charge in [-0.05, 0) is 37.0 Å². The maximum atomic E-state index is 6.51. The van der Waals surface area contributed by atoms with E-state index in [-0.39, 0.29) is 18.3 Å². The van der Waals surface area contributed by atoms with Gasteiger partial charge in [0.25, 0.3) is 0 Å². The minimum absolute atomic E-state index is 0.195. The van der Waals surface area contributed by atoms with Crippen molar-refractivity contribution in [1.29, 1.82) is 0 Å². The van der Waals surface area contributed by atoms with Crippen LogP contribution in [0.3, 0.4) is 0 Å². The molecule has 140 valence electrons. The quantitative estimate of drug-likeness (QED) is 0.411. The van der Waals surface area contributed by atoms with Gasteiger partial charge in [0, 0.05) is 6.55 Å². The van der Waals surface area contributed by atoms with Gasteiger partial charge in [-0.2, -0.15) is 0 Å². The van der Waals surface area contributed by atoms with Crippen LogP contribution in [0.15, 0.2) is 0 Å². The van der Waals surface area contributed by atoms with Gasteiger partial charge in [-0.15, -0.1) is 0 Å². The second-order valence-electron chi connectivity index (χ2n) is 7.79. The van der Waals surface area contributed by atoms with Crippen molar-refractivity contribution in [3.05, 3.63) is 0 Å². The van der Waals surface area contributed by atoms with Gasteiger partial charge in [0.2, 0.25) is 0 Å². The first-order valence-electron chi connectivity index (χ1n) is 9.63. The molecular formula is C19H42O3Si. The molecule has 0 saturated carbocycles. The van der Waals surface area contributed by atoms with Gasteiger partial charge in [-0.1, -0.05) is 62.3 Å². The topological polar surface area (TPSA) is 27.7 Å². The molecule has 0 aliphatic carbocycles. The molecule has 0 N–H and O–H groups in total. The predicted molar refractivity (Wildman–Crippen MR) is 102 cm³/mol. The summed E-state index contributed by atoms with van der Waals surface area (Å²) in [6.07, 6.45) is 3.56. The normalized spacial score (nSPS) is 19.2. The highest BCUT2D eigenvalue weighted by atomic mass is 28.4. The predicted octanol–water partition coefficient (Wildman–Crippen LogP) is 5.91. The highest BCUT2D eigenvalue weighted by Crippen LogP contribution is 2.27. The average molecular weight is 347 g/mol. The lowest BCUT2D eigenvalue weighted by Crippen LogP contribution is -2.52. The van der Waals surface area contributed by atoms with Crippen LogP contribution in [-0.2, 0) is 13.3 Å². The molecule has 0 spiro atoms. The first kappa shape index (κ1) is 23.1. The second kappa shape index (κ2) is 10.9. The van der Waals surface area contributed by atoms with Crippen molar-refractivity contribution in [2.24, 2.45) is 17.8 Å². The SMILES string of the molecule is CCC(O[Si](C)(OC(CC)C(C)C)OC(CC)C(C)C)C(C)C. The largest absolute Gasteiger partial charge is 0.498 e. The molecule has 0 bridgehead atoms. The van der Waals surface area contributed by atoms with Crippen LogP contribution < -0.4 is 0 Å². The van der Waals surface area contributed by atoms with Crippen LogP contribution >= 0.6 is 0 Å². The summed E-state index contributed by atoms with van der Waals surface area (Å²) in [5, 5.41) is 0. The summed E-state index contributed by atoms with van der Waals surface area (Å²) in [4.78, 5) is 0. The van der Waals surface area contributed by atoms with Crippen LogP contribution in [0, 0.1) is 17.8 Å². The molecule has 0 fully saturated rings. The lowest BCUT2D eigenvalue weighted by atomic mass is 10.1. The summed E-state index contributed by atoms with van der Waals surface area (Å²) in [7, 11) is -2.69. The molecule has 3 nitrogen and oxygen atoms in total. The van der Waals surface area contributed by atoms with E-state index in [0.29, 0.717) is 17.8 Å². The van der Waals surface area contributed by atoms with Crippen LogP contribution in [-0.4, -0.2) is 27.1 Å². The molecule has 0 aliphatic rings. The third kappa shape index (κ3) is 8.15. The van der Waals surface area contributed by atoms with E-state index < -0.39 is 8.80 Å². The first-order valence-corrected chi connectivity index (χ1v) is 11.9. The van der Waals surface area contributed by atoms with Gasteiger partial charge in [-0.3, -0.25) is 0 Å². The van der Waals surface area contributed by atoms with Gasteiger partial charge in [0.05, 0.1) is 18.3 Å². The number of rotatable bonds is 12. The minimum atomic E-state index is -2.69. The smallest absolute Gasteiger partial charge is 0.370 e. The van der Waals surface area contributed by atoms with Crippen molar-refractivity contribution in [2.75, 3.05) is 0 Å². The molecule has 0 aliphatic heterocycles. The standard InChI is InChI=1S/C19H42O3Si/c1-11-17(14(4)5)20-23(10,21-18(12-2)15(6)7)22-19(13-3)16(8)9/h14-19H,11-13H2,1-10H3. The zero-order valence-electron chi connectivity index (χ0n) is 17.3. The zero-order chi connectivity index (χ0) is 18.2. The summed E-state index contributed by atoms with van der Waals surface area (Å²) in [5.41, 5.74) is 0. The van der Waals surface area contributed by atoms with Crippen LogP contribution in [0.25, 0.3) is 0 Å². The van der Waals surface area contributed by atoms with Crippen molar-refractivity contribution in [2.45, 2.75) is 106 Å². The Kier molecular flexibility index (Phi) is 10.9. The first-order chi connectivity index (χ1) is 10.6. The Morgan fingerprint density at radius 1 is 0.565 bits per heavy atom. The Morgan fingerprint density at radius 3 is 0.913 bits per heavy atom. The fourth-order valence-electron chi connectivity index (χ4n) is 2.98. The fourth-order valence-corrected chi connectivity index (χ4v) is 6.11. The van der Waals surface area contributed by atoms with Crippen LogP contribution in [0.2, 0.25) is 6.55 Å². The molecule has 0 aromatic rings. The Hall–Kier alpha value is 0.0969. The molecule has 0 rings (SSSR count). The molecule has 0 saturated heterocycles. The summed E-state index contributed by atoms with van der Waals surface area (Å²) < 4.78 is 19.5. The maximum Gasteiger partial charge on any atom is 0.498 e. The van der Waals surface area contributed by atoms with Crippen molar-refractivity contribution < 1.29 is 13.3 Å². The van der Waals surface area contributed by atoms with E-state index in [0.717, 1.165) is 19.3 Å². The van der Waals surface area contributed by atoms with E-state index in [4.69, 9.17) is 13.3 Å². The lowest BCUT2D eigenvalue weighted by molar-refractivity contribution is -0.0453. The molecular weight excluding hydrogens is 304 g/mol. The number of hydrogen-bond acceptors (Lipinski definition) is 3. The third-order valence-electron chi connectivity index (χ3n) is 4.53. The van der Waals surface area contributed by atoms with Crippen molar-refractivity contribution in [3.8, 4) is 0 Å². The van der Waals surface area contributed by atoms with Gasteiger partial charge in [0.15, 0.2) is 0 Å². The van der Waals surface area contributed by atoms with E-state index in [2.05, 4.69) is 68.9 Å². The highest BCUT2D eigenvalue weighted by molar-refractivity contribution is 6.59. The molecule has 3 unspecified atom stereocenters. The monoisotopic (exact) mass is 346 g/mol. The average Bonchev–Trinajstić information content (AvgIpc) is 2.47. The van der Waals surface area contributed by atoms with Crippen molar-refractivity contribution in [3.63, 3.8) is 0 Å². The fraction of sp³-hybridized carbons (Fsp3) is 1.00. The van der Waals surface area contributed by atoms with Crippen molar-refractivity contribution in [1.82, 2.24) is 0 Å². The number of hydrogen-bond donors (Lipinski definition) is 0. The van der Waals surface area contributed by atoms with E-state index in [1.165, 1.54) is 0 Å². The van der Waals surface area contributed by atoms with Gasteiger partial charge in [-0.25, -0.2) is 0 Å². The molecule has 3 atom stereocenters. The van der Waals surface area contributed by atoms with Crippen molar-refractivity contribution >= 4 is 8.80 Å². The van der Waals surface area contributed by atoms with E-state index in [1.807, 2.05) is 0 Å². The van der Waals surface area contributed by atoms with Gasteiger partial charge < -0.3 is 13.3 Å². The van der Waals surface area contributed by atoms with E-state index in [9.17, 15) is 0 Å². The molecule has 0 aromatic heterocycles. The Balaban J connectivity index is 5.31. The second-order valence-corrected chi connectivity index (χ2v) is 10.2. The van der Waals surface area contributed by atoms with E-state index >= 15 is 0 Å². The molecule has 0 radical (unpaired) electrons. The van der Waals surface area contributed by atoms with Crippen LogP contribution in [0.1, 0.15) is 81.6 Å². The zero-order valence-corrected chi connectivity index (χ0v) is 18.3. The third-order valence-corrected chi connectivity index (χ3v) is 6.73. The van der Waals surface area contributed by atoms with Crippen LogP contribution in [0.5, 0.6) is 0 Å². The molecule has 0 aromatic carbocycles. The summed E-state index contributed by atoms with van der Waals surface area (Å²) in [6.45, 7) is 21.9. The Bertz CT molecular complexity index is 259. The molecule has 0 amide bonds. The molecule has 4 heteroatoms. The molecule has 23 heavy (non-hydrogen) atoms. The summed E-state index contributed by atoms with van der Waals surface area (Å²) in [6, 6.07) is 0.